The molecule has 0 aliphatic heterocycles. The maximum Gasteiger partial charge on any atom is 0.341 e. The van der Waals surface area contributed by atoms with Crippen LogP contribution < -0.4 is 14.8 Å². The molecule has 144 valence electrons. The van der Waals surface area contributed by atoms with Gasteiger partial charge < -0.3 is 19.9 Å². The van der Waals surface area contributed by atoms with Crippen LogP contribution in [0.5, 0.6) is 11.5 Å². The van der Waals surface area contributed by atoms with Crippen LogP contribution in [0.3, 0.4) is 0 Å². The topological polar surface area (TPSA) is 84.9 Å². The molecular weight excluding hydrogens is 346 g/mol. The molecule has 0 bridgehead atoms. The fourth-order valence-corrected chi connectivity index (χ4v) is 2.39. The first-order chi connectivity index (χ1) is 12.9. The van der Waals surface area contributed by atoms with Crippen molar-refractivity contribution in [1.29, 1.82) is 0 Å². The van der Waals surface area contributed by atoms with Crippen molar-refractivity contribution in [3.8, 4) is 11.5 Å². The Kier molecular flexibility index (Phi) is 7.67. The fourth-order valence-electron chi connectivity index (χ4n) is 2.39. The van der Waals surface area contributed by atoms with Crippen molar-refractivity contribution in [3.63, 3.8) is 0 Å². The van der Waals surface area contributed by atoms with Crippen molar-refractivity contribution >= 4 is 11.9 Å². The Balaban J connectivity index is 1.67. The molecule has 0 heterocycles. The van der Waals surface area contributed by atoms with Crippen LogP contribution in [0.15, 0.2) is 48.5 Å². The Labute approximate surface area is 159 Å². The first-order valence-corrected chi connectivity index (χ1v) is 8.87. The minimum absolute atomic E-state index is 0.0248. The summed E-state index contributed by atoms with van der Waals surface area (Å²) in [6.45, 7) is 4.35. The highest BCUT2D eigenvalue weighted by Crippen LogP contribution is 2.18. The number of hydrogen-bond acceptors (Lipinski definition) is 4. The lowest BCUT2D eigenvalue weighted by Crippen LogP contribution is -2.30. The van der Waals surface area contributed by atoms with Gasteiger partial charge in [-0.05, 0) is 47.7 Å². The minimum Gasteiger partial charge on any atom is -0.484 e. The van der Waals surface area contributed by atoms with E-state index in [1.54, 1.807) is 12.1 Å². The molecule has 27 heavy (non-hydrogen) atoms. The molecule has 2 aromatic carbocycles. The minimum atomic E-state index is -1.01. The standard InChI is InChI=1S/C21H25NO5/c1-15(2)17-5-9-19(10-6-17)26-13-20(23)22-12-11-16-3-7-18(8-4-16)27-14-21(24)25/h3-10,15H,11-14H2,1-2H3,(H,22,23)(H,24,25). The second kappa shape index (κ2) is 10.2. The first kappa shape index (κ1) is 20.3. The first-order valence-electron chi connectivity index (χ1n) is 8.87. The zero-order chi connectivity index (χ0) is 19.6. The van der Waals surface area contributed by atoms with Gasteiger partial charge in [-0.2, -0.15) is 0 Å². The molecule has 0 aromatic heterocycles. The third kappa shape index (κ3) is 7.40. The maximum absolute atomic E-state index is 11.9. The third-order valence-corrected chi connectivity index (χ3v) is 3.94. The molecule has 0 aliphatic rings. The van der Waals surface area contributed by atoms with Gasteiger partial charge in [0, 0.05) is 6.54 Å². The predicted octanol–water partition coefficient (Wildman–Crippen LogP) is 3.01. The van der Waals surface area contributed by atoms with Crippen LogP contribution in [0.4, 0.5) is 0 Å². The molecule has 6 nitrogen and oxygen atoms in total. The Bertz CT molecular complexity index is 738. The SMILES string of the molecule is CC(C)c1ccc(OCC(=O)NCCc2ccc(OCC(=O)O)cc2)cc1. The Morgan fingerprint density at radius 2 is 1.48 bits per heavy atom. The number of amides is 1. The number of carboxylic acid groups (broad SMARTS) is 1. The molecule has 0 unspecified atom stereocenters. The van der Waals surface area contributed by atoms with Crippen LogP contribution in [0.2, 0.25) is 0 Å². The van der Waals surface area contributed by atoms with Crippen LogP contribution in [-0.4, -0.2) is 36.7 Å². The average molecular weight is 371 g/mol. The highest BCUT2D eigenvalue weighted by molar-refractivity contribution is 5.77. The summed E-state index contributed by atoms with van der Waals surface area (Å²) in [6, 6.07) is 14.9. The van der Waals surface area contributed by atoms with Gasteiger partial charge in [-0.3, -0.25) is 4.79 Å². The van der Waals surface area contributed by atoms with E-state index in [1.165, 1.54) is 5.56 Å². The Morgan fingerprint density at radius 1 is 0.926 bits per heavy atom. The number of nitrogens with one attached hydrogen (secondary N) is 1. The van der Waals surface area contributed by atoms with Crippen molar-refractivity contribution in [1.82, 2.24) is 5.32 Å². The van der Waals surface area contributed by atoms with Gasteiger partial charge in [-0.1, -0.05) is 38.1 Å². The maximum atomic E-state index is 11.9. The number of ether oxygens (including phenoxy) is 2. The predicted molar refractivity (Wildman–Crippen MR) is 102 cm³/mol. The molecule has 0 aliphatic carbocycles. The van der Waals surface area contributed by atoms with Gasteiger partial charge in [-0.15, -0.1) is 0 Å². The van der Waals surface area contributed by atoms with Gasteiger partial charge in [0.2, 0.25) is 0 Å². The summed E-state index contributed by atoms with van der Waals surface area (Å²) in [7, 11) is 0. The van der Waals surface area contributed by atoms with E-state index in [0.29, 0.717) is 30.4 Å². The molecule has 2 rings (SSSR count). The van der Waals surface area contributed by atoms with Crippen molar-refractivity contribution in [2.45, 2.75) is 26.2 Å². The van der Waals surface area contributed by atoms with Gasteiger partial charge in [-0.25, -0.2) is 4.79 Å². The van der Waals surface area contributed by atoms with Crippen molar-refractivity contribution in [3.05, 3.63) is 59.7 Å². The highest BCUT2D eigenvalue weighted by Gasteiger charge is 2.04. The zero-order valence-corrected chi connectivity index (χ0v) is 15.6. The number of benzene rings is 2. The van der Waals surface area contributed by atoms with Crippen LogP contribution in [-0.2, 0) is 16.0 Å². The number of hydrogen-bond donors (Lipinski definition) is 2. The van der Waals surface area contributed by atoms with Gasteiger partial charge in [0.1, 0.15) is 11.5 Å². The molecule has 0 saturated carbocycles. The molecule has 0 saturated heterocycles. The summed E-state index contributed by atoms with van der Waals surface area (Å²) in [4.78, 5) is 22.3. The van der Waals surface area contributed by atoms with Crippen molar-refractivity contribution < 1.29 is 24.2 Å². The Morgan fingerprint density at radius 3 is 2.04 bits per heavy atom. The number of carbonyl (C=O) groups is 2. The van der Waals surface area contributed by atoms with Crippen molar-refractivity contribution in [2.75, 3.05) is 19.8 Å². The van der Waals surface area contributed by atoms with Gasteiger partial charge in [0.15, 0.2) is 13.2 Å². The fraction of sp³-hybridized carbons (Fsp3) is 0.333. The monoisotopic (exact) mass is 371 g/mol. The molecule has 0 radical (unpaired) electrons. The molecule has 2 N–H and O–H groups in total. The van der Waals surface area contributed by atoms with Crippen LogP contribution in [0, 0.1) is 0 Å². The smallest absolute Gasteiger partial charge is 0.341 e. The van der Waals surface area contributed by atoms with Crippen molar-refractivity contribution in [2.24, 2.45) is 0 Å². The lowest BCUT2D eigenvalue weighted by Gasteiger charge is -2.10. The number of carbonyl (C=O) groups excluding carboxylic acids is 1. The van der Waals surface area contributed by atoms with E-state index in [2.05, 4.69) is 19.2 Å². The van der Waals surface area contributed by atoms with Crippen LogP contribution in [0.25, 0.3) is 0 Å². The molecule has 0 fully saturated rings. The molecular formula is C21H25NO5. The van der Waals surface area contributed by atoms with Crippen LogP contribution in [0.1, 0.15) is 30.9 Å². The zero-order valence-electron chi connectivity index (χ0n) is 15.6. The van der Waals surface area contributed by atoms with E-state index in [4.69, 9.17) is 14.6 Å². The molecule has 0 atom stereocenters. The summed E-state index contributed by atoms with van der Waals surface area (Å²) in [6.07, 6.45) is 0.661. The highest BCUT2D eigenvalue weighted by atomic mass is 16.5. The molecule has 0 spiro atoms. The van der Waals surface area contributed by atoms with Crippen LogP contribution >= 0.6 is 0 Å². The second-order valence-electron chi connectivity index (χ2n) is 6.44. The molecule has 1 amide bonds. The average Bonchev–Trinajstić information content (AvgIpc) is 2.66. The van der Waals surface area contributed by atoms with E-state index in [-0.39, 0.29) is 19.1 Å². The Hall–Kier alpha value is -3.02. The molecule has 6 heteroatoms. The number of rotatable bonds is 10. The summed E-state index contributed by atoms with van der Waals surface area (Å²) >= 11 is 0. The van der Waals surface area contributed by atoms with Gasteiger partial charge >= 0.3 is 5.97 Å². The third-order valence-electron chi connectivity index (χ3n) is 3.94. The number of carboxylic acids is 1. The van der Waals surface area contributed by atoms with Gasteiger partial charge in [0.25, 0.3) is 5.91 Å². The molecule has 2 aromatic rings. The lowest BCUT2D eigenvalue weighted by molar-refractivity contribution is -0.139. The summed E-state index contributed by atoms with van der Waals surface area (Å²) in [5.74, 6) is 0.443. The van der Waals surface area contributed by atoms with E-state index >= 15 is 0 Å². The van der Waals surface area contributed by atoms with E-state index < -0.39 is 5.97 Å². The quantitative estimate of drug-likeness (QED) is 0.671. The van der Waals surface area contributed by atoms with E-state index in [0.717, 1.165) is 5.56 Å². The summed E-state index contributed by atoms with van der Waals surface area (Å²) in [5.41, 5.74) is 2.24. The second-order valence-corrected chi connectivity index (χ2v) is 6.44. The van der Waals surface area contributed by atoms with Gasteiger partial charge in [0.05, 0.1) is 0 Å². The normalized spacial score (nSPS) is 10.5. The largest absolute Gasteiger partial charge is 0.484 e. The van der Waals surface area contributed by atoms with E-state index in [1.807, 2.05) is 36.4 Å². The van der Waals surface area contributed by atoms with E-state index in [9.17, 15) is 9.59 Å². The summed E-state index contributed by atoms with van der Waals surface area (Å²) in [5, 5.41) is 11.4. The number of aliphatic carboxylic acids is 1. The summed E-state index contributed by atoms with van der Waals surface area (Å²) < 4.78 is 10.6. The lowest BCUT2D eigenvalue weighted by atomic mass is 10.0.